The van der Waals surface area contributed by atoms with E-state index in [1.165, 1.54) is 0 Å². The zero-order valence-electron chi connectivity index (χ0n) is 11.1. The first-order chi connectivity index (χ1) is 8.72. The van der Waals surface area contributed by atoms with Crippen molar-refractivity contribution in [3.05, 3.63) is 29.3 Å². The molecule has 1 atom stereocenters. The molecule has 0 bridgehead atoms. The summed E-state index contributed by atoms with van der Waals surface area (Å²) in [6.45, 7) is 2.79. The van der Waals surface area contributed by atoms with Gasteiger partial charge in [0.15, 0.2) is 5.78 Å². The van der Waals surface area contributed by atoms with Gasteiger partial charge in [0.25, 0.3) is 0 Å². The molecule has 0 aromatic heterocycles. The number of hydrogen-bond acceptors (Lipinski definition) is 3. The topological polar surface area (TPSA) is 35.5 Å². The Hall–Kier alpha value is -1.35. The van der Waals surface area contributed by atoms with Crippen LogP contribution < -0.4 is 4.74 Å². The SMILES string of the molecule is COc1c(C)cccc1C(=O)CC[C@@H]1CCCO1. The number of carbonyl (C=O) groups is 1. The van der Waals surface area contributed by atoms with Gasteiger partial charge in [-0.3, -0.25) is 4.79 Å². The zero-order chi connectivity index (χ0) is 13.0. The number of ether oxygens (including phenoxy) is 2. The number of rotatable bonds is 5. The maximum absolute atomic E-state index is 12.2. The predicted octanol–water partition coefficient (Wildman–Crippen LogP) is 3.15. The molecular weight excluding hydrogens is 228 g/mol. The van der Waals surface area contributed by atoms with Crippen LogP contribution in [0.2, 0.25) is 0 Å². The number of aryl methyl sites for hydroxylation is 1. The van der Waals surface area contributed by atoms with Gasteiger partial charge in [0.1, 0.15) is 5.75 Å². The van der Waals surface area contributed by atoms with Gasteiger partial charge in [-0.05, 0) is 37.8 Å². The summed E-state index contributed by atoms with van der Waals surface area (Å²) >= 11 is 0. The molecule has 18 heavy (non-hydrogen) atoms. The van der Waals surface area contributed by atoms with Crippen LogP contribution in [-0.4, -0.2) is 25.6 Å². The van der Waals surface area contributed by atoms with E-state index in [0.717, 1.165) is 31.4 Å². The van der Waals surface area contributed by atoms with Crippen molar-refractivity contribution >= 4 is 5.78 Å². The van der Waals surface area contributed by atoms with Gasteiger partial charge in [0.2, 0.25) is 0 Å². The lowest BCUT2D eigenvalue weighted by Crippen LogP contribution is -2.10. The highest BCUT2D eigenvalue weighted by atomic mass is 16.5. The second kappa shape index (κ2) is 6.01. The molecule has 1 aromatic carbocycles. The van der Waals surface area contributed by atoms with Crippen LogP contribution >= 0.6 is 0 Å². The Balaban J connectivity index is 2.01. The monoisotopic (exact) mass is 248 g/mol. The van der Waals surface area contributed by atoms with Crippen molar-refractivity contribution in [2.75, 3.05) is 13.7 Å². The number of methoxy groups -OCH3 is 1. The molecule has 3 heteroatoms. The van der Waals surface area contributed by atoms with Crippen LogP contribution in [0.1, 0.15) is 41.6 Å². The standard InChI is InChI=1S/C15H20O3/c1-11-5-3-7-13(15(11)17-2)14(16)9-8-12-6-4-10-18-12/h3,5,7,12H,4,6,8-10H2,1-2H3/t12-/m0/s1. The van der Waals surface area contributed by atoms with E-state index >= 15 is 0 Å². The van der Waals surface area contributed by atoms with E-state index in [4.69, 9.17) is 9.47 Å². The van der Waals surface area contributed by atoms with Crippen molar-refractivity contribution in [3.63, 3.8) is 0 Å². The van der Waals surface area contributed by atoms with E-state index in [1.54, 1.807) is 7.11 Å². The van der Waals surface area contributed by atoms with E-state index < -0.39 is 0 Å². The van der Waals surface area contributed by atoms with Crippen molar-refractivity contribution < 1.29 is 14.3 Å². The van der Waals surface area contributed by atoms with Gasteiger partial charge in [-0.15, -0.1) is 0 Å². The van der Waals surface area contributed by atoms with Crippen molar-refractivity contribution in [1.29, 1.82) is 0 Å². The summed E-state index contributed by atoms with van der Waals surface area (Å²) in [5.74, 6) is 0.848. The van der Waals surface area contributed by atoms with Gasteiger partial charge in [0.05, 0.1) is 18.8 Å². The average Bonchev–Trinajstić information content (AvgIpc) is 2.88. The first-order valence-corrected chi connectivity index (χ1v) is 6.50. The van der Waals surface area contributed by atoms with Gasteiger partial charge in [0, 0.05) is 13.0 Å². The molecule has 1 aliphatic rings. The molecule has 0 N–H and O–H groups in total. The smallest absolute Gasteiger partial charge is 0.166 e. The van der Waals surface area contributed by atoms with Crippen LogP contribution in [0.25, 0.3) is 0 Å². The summed E-state index contributed by atoms with van der Waals surface area (Å²) in [5, 5.41) is 0. The molecular formula is C15H20O3. The van der Waals surface area contributed by atoms with E-state index in [0.29, 0.717) is 17.7 Å². The second-order valence-electron chi connectivity index (χ2n) is 4.75. The second-order valence-corrected chi connectivity index (χ2v) is 4.75. The van der Waals surface area contributed by atoms with E-state index in [2.05, 4.69) is 0 Å². The fraction of sp³-hybridized carbons (Fsp3) is 0.533. The van der Waals surface area contributed by atoms with Gasteiger partial charge in [-0.1, -0.05) is 12.1 Å². The molecule has 0 saturated carbocycles. The fourth-order valence-electron chi connectivity index (χ4n) is 2.44. The first kappa shape index (κ1) is 13.1. The summed E-state index contributed by atoms with van der Waals surface area (Å²) in [6, 6.07) is 5.69. The zero-order valence-corrected chi connectivity index (χ0v) is 11.1. The normalized spacial score (nSPS) is 18.9. The van der Waals surface area contributed by atoms with E-state index in [-0.39, 0.29) is 11.9 Å². The van der Waals surface area contributed by atoms with Crippen molar-refractivity contribution in [3.8, 4) is 5.75 Å². The first-order valence-electron chi connectivity index (χ1n) is 6.50. The van der Waals surface area contributed by atoms with E-state index in [1.807, 2.05) is 25.1 Å². The Bertz CT molecular complexity index is 420. The lowest BCUT2D eigenvalue weighted by atomic mass is 10.0. The van der Waals surface area contributed by atoms with Gasteiger partial charge < -0.3 is 9.47 Å². The number of benzene rings is 1. The summed E-state index contributed by atoms with van der Waals surface area (Å²) < 4.78 is 10.9. The Morgan fingerprint density at radius 2 is 2.33 bits per heavy atom. The number of hydrogen-bond donors (Lipinski definition) is 0. The molecule has 1 heterocycles. The molecule has 1 saturated heterocycles. The summed E-state index contributed by atoms with van der Waals surface area (Å²) in [5.41, 5.74) is 1.69. The Kier molecular flexibility index (Phi) is 4.37. The molecule has 1 aromatic rings. The molecule has 2 rings (SSSR count). The van der Waals surface area contributed by atoms with Crippen LogP contribution in [0.3, 0.4) is 0 Å². The van der Waals surface area contributed by atoms with Crippen LogP contribution in [0.5, 0.6) is 5.75 Å². The lowest BCUT2D eigenvalue weighted by molar-refractivity contribution is 0.0857. The molecule has 1 fully saturated rings. The molecule has 0 aliphatic carbocycles. The van der Waals surface area contributed by atoms with Crippen LogP contribution in [0.4, 0.5) is 0 Å². The van der Waals surface area contributed by atoms with Crippen LogP contribution in [0.15, 0.2) is 18.2 Å². The van der Waals surface area contributed by atoms with Gasteiger partial charge >= 0.3 is 0 Å². The molecule has 3 nitrogen and oxygen atoms in total. The third-order valence-corrected chi connectivity index (χ3v) is 3.43. The highest BCUT2D eigenvalue weighted by molar-refractivity contribution is 5.99. The molecule has 0 amide bonds. The Morgan fingerprint density at radius 1 is 1.50 bits per heavy atom. The highest BCUT2D eigenvalue weighted by Crippen LogP contribution is 2.25. The minimum Gasteiger partial charge on any atom is -0.496 e. The average molecular weight is 248 g/mol. The minimum absolute atomic E-state index is 0.144. The fourth-order valence-corrected chi connectivity index (χ4v) is 2.44. The summed E-state index contributed by atoms with van der Waals surface area (Å²) in [4.78, 5) is 12.2. The van der Waals surface area contributed by atoms with Crippen molar-refractivity contribution in [1.82, 2.24) is 0 Å². The summed E-state index contributed by atoms with van der Waals surface area (Å²) in [7, 11) is 1.61. The number of carbonyl (C=O) groups excluding carboxylic acids is 1. The largest absolute Gasteiger partial charge is 0.496 e. The van der Waals surface area contributed by atoms with Crippen LogP contribution in [-0.2, 0) is 4.74 Å². The molecule has 1 aliphatic heterocycles. The summed E-state index contributed by atoms with van der Waals surface area (Å²) in [6.07, 6.45) is 3.82. The number of Topliss-reactive ketones (excluding diaryl/α,β-unsaturated/α-hetero) is 1. The number of ketones is 1. The molecule has 0 spiro atoms. The van der Waals surface area contributed by atoms with Crippen LogP contribution in [0, 0.1) is 6.92 Å². The third-order valence-electron chi connectivity index (χ3n) is 3.43. The molecule has 98 valence electrons. The van der Waals surface area contributed by atoms with E-state index in [9.17, 15) is 4.79 Å². The van der Waals surface area contributed by atoms with Crippen molar-refractivity contribution in [2.24, 2.45) is 0 Å². The predicted molar refractivity (Wildman–Crippen MR) is 70.3 cm³/mol. The number of para-hydroxylation sites is 1. The van der Waals surface area contributed by atoms with Gasteiger partial charge in [-0.2, -0.15) is 0 Å². The maximum atomic E-state index is 12.2. The Labute approximate surface area is 108 Å². The van der Waals surface area contributed by atoms with Gasteiger partial charge in [-0.25, -0.2) is 0 Å². The molecule has 0 unspecified atom stereocenters. The molecule has 0 radical (unpaired) electrons. The lowest BCUT2D eigenvalue weighted by Gasteiger charge is -2.12. The Morgan fingerprint density at radius 3 is 3.00 bits per heavy atom. The quantitative estimate of drug-likeness (QED) is 0.751. The highest BCUT2D eigenvalue weighted by Gasteiger charge is 2.19. The maximum Gasteiger partial charge on any atom is 0.166 e. The minimum atomic E-state index is 0.144. The van der Waals surface area contributed by atoms with Crippen molar-refractivity contribution in [2.45, 2.75) is 38.7 Å². The third kappa shape index (κ3) is 2.91.